The largest absolute Gasteiger partial charge is 0.481 e. The number of hydrogen-bond donors (Lipinski definition) is 1. The summed E-state index contributed by atoms with van der Waals surface area (Å²) in [6.45, 7) is 2.12. The van der Waals surface area contributed by atoms with Crippen LogP contribution in [0.1, 0.15) is 18.9 Å². The highest BCUT2D eigenvalue weighted by Crippen LogP contribution is 2.11. The van der Waals surface area contributed by atoms with Crippen molar-refractivity contribution in [3.8, 4) is 0 Å². The summed E-state index contributed by atoms with van der Waals surface area (Å²) < 4.78 is 4.87. The number of aliphatic carboxylic acids is 1. The molecule has 0 saturated carbocycles. The first-order valence-corrected chi connectivity index (χ1v) is 5.58. The SMILES string of the molecule is CCCOC(=O)C(Cc1ccccc1)C(=O)O. The summed E-state index contributed by atoms with van der Waals surface area (Å²) in [5, 5.41) is 9.00. The van der Waals surface area contributed by atoms with Crippen molar-refractivity contribution in [3.63, 3.8) is 0 Å². The minimum atomic E-state index is -1.14. The van der Waals surface area contributed by atoms with Crippen LogP contribution < -0.4 is 0 Å². The van der Waals surface area contributed by atoms with Gasteiger partial charge in [0.15, 0.2) is 5.92 Å². The van der Waals surface area contributed by atoms with Crippen LogP contribution in [0.25, 0.3) is 0 Å². The first-order chi connectivity index (χ1) is 8.15. The first kappa shape index (κ1) is 13.2. The molecule has 0 spiro atoms. The monoisotopic (exact) mass is 236 g/mol. The number of carbonyl (C=O) groups is 2. The maximum Gasteiger partial charge on any atom is 0.320 e. The van der Waals surface area contributed by atoms with Gasteiger partial charge < -0.3 is 9.84 Å². The predicted octanol–water partition coefficient (Wildman–Crippen LogP) is 1.88. The van der Waals surface area contributed by atoms with Gasteiger partial charge in [0.25, 0.3) is 0 Å². The molecule has 1 aromatic rings. The number of ether oxygens (including phenoxy) is 1. The van der Waals surface area contributed by atoms with Gasteiger partial charge in [0.2, 0.25) is 0 Å². The Balaban J connectivity index is 2.67. The van der Waals surface area contributed by atoms with Gasteiger partial charge in [-0.25, -0.2) is 0 Å². The standard InChI is InChI=1S/C13H16O4/c1-2-8-17-13(16)11(12(14)15)9-10-6-4-3-5-7-10/h3-7,11H,2,8-9H2,1H3,(H,14,15). The Bertz CT molecular complexity index is 372. The van der Waals surface area contributed by atoms with Gasteiger partial charge in [-0.2, -0.15) is 0 Å². The molecule has 1 aromatic carbocycles. The molecule has 0 aliphatic carbocycles. The normalized spacial score (nSPS) is 11.8. The van der Waals surface area contributed by atoms with E-state index in [0.717, 1.165) is 5.56 Å². The third kappa shape index (κ3) is 4.26. The maximum atomic E-state index is 11.5. The molecule has 1 rings (SSSR count). The lowest BCUT2D eigenvalue weighted by Crippen LogP contribution is -2.28. The Hall–Kier alpha value is -1.84. The van der Waals surface area contributed by atoms with E-state index in [4.69, 9.17) is 9.84 Å². The third-order valence-corrected chi connectivity index (χ3v) is 2.31. The summed E-state index contributed by atoms with van der Waals surface area (Å²) >= 11 is 0. The topological polar surface area (TPSA) is 63.6 Å². The van der Waals surface area contributed by atoms with Crippen molar-refractivity contribution in [2.24, 2.45) is 5.92 Å². The van der Waals surface area contributed by atoms with E-state index < -0.39 is 17.9 Å². The van der Waals surface area contributed by atoms with Crippen LogP contribution >= 0.6 is 0 Å². The highest BCUT2D eigenvalue weighted by molar-refractivity contribution is 5.94. The quantitative estimate of drug-likeness (QED) is 0.605. The molecule has 4 nitrogen and oxygen atoms in total. The van der Waals surface area contributed by atoms with Crippen LogP contribution in [-0.2, 0) is 20.7 Å². The van der Waals surface area contributed by atoms with Gasteiger partial charge in [-0.3, -0.25) is 9.59 Å². The second-order valence-corrected chi connectivity index (χ2v) is 3.75. The summed E-state index contributed by atoms with van der Waals surface area (Å²) in [7, 11) is 0. The van der Waals surface area contributed by atoms with Crippen molar-refractivity contribution in [1.82, 2.24) is 0 Å². The zero-order valence-electron chi connectivity index (χ0n) is 9.76. The highest BCUT2D eigenvalue weighted by atomic mass is 16.5. The molecule has 1 N–H and O–H groups in total. The minimum Gasteiger partial charge on any atom is -0.481 e. The number of hydrogen-bond acceptors (Lipinski definition) is 3. The van der Waals surface area contributed by atoms with Crippen LogP contribution in [0.2, 0.25) is 0 Å². The van der Waals surface area contributed by atoms with Crippen molar-refractivity contribution in [2.45, 2.75) is 19.8 Å². The second kappa shape index (κ2) is 6.68. The van der Waals surface area contributed by atoms with Crippen molar-refractivity contribution in [2.75, 3.05) is 6.61 Å². The van der Waals surface area contributed by atoms with Crippen LogP contribution in [0.5, 0.6) is 0 Å². The highest BCUT2D eigenvalue weighted by Gasteiger charge is 2.27. The summed E-state index contributed by atoms with van der Waals surface area (Å²) in [4.78, 5) is 22.6. The van der Waals surface area contributed by atoms with E-state index in [1.165, 1.54) is 0 Å². The summed E-state index contributed by atoms with van der Waals surface area (Å²) in [6.07, 6.45) is 0.849. The molecular weight excluding hydrogens is 220 g/mol. The molecule has 92 valence electrons. The molecule has 1 atom stereocenters. The molecule has 17 heavy (non-hydrogen) atoms. The van der Waals surface area contributed by atoms with E-state index >= 15 is 0 Å². The average Bonchev–Trinajstić information content (AvgIpc) is 2.34. The summed E-state index contributed by atoms with van der Waals surface area (Å²) in [5.74, 6) is -2.93. The number of benzene rings is 1. The lowest BCUT2D eigenvalue weighted by Gasteiger charge is -2.11. The van der Waals surface area contributed by atoms with Crippen LogP contribution in [-0.4, -0.2) is 23.7 Å². The van der Waals surface area contributed by atoms with E-state index in [2.05, 4.69) is 0 Å². The van der Waals surface area contributed by atoms with Gasteiger partial charge in [0.05, 0.1) is 6.61 Å². The number of carboxylic acids is 1. The van der Waals surface area contributed by atoms with Gasteiger partial charge in [-0.1, -0.05) is 37.3 Å². The van der Waals surface area contributed by atoms with Crippen molar-refractivity contribution < 1.29 is 19.4 Å². The smallest absolute Gasteiger partial charge is 0.320 e. The number of carboxylic acid groups (broad SMARTS) is 1. The molecule has 0 amide bonds. The van der Waals surface area contributed by atoms with E-state index in [0.29, 0.717) is 6.42 Å². The number of carbonyl (C=O) groups excluding carboxylic acids is 1. The van der Waals surface area contributed by atoms with Crippen LogP contribution in [0.3, 0.4) is 0 Å². The van der Waals surface area contributed by atoms with E-state index in [1.807, 2.05) is 25.1 Å². The molecule has 0 aliphatic heterocycles. The van der Waals surface area contributed by atoms with Gasteiger partial charge >= 0.3 is 11.9 Å². The van der Waals surface area contributed by atoms with Crippen LogP contribution in [0.4, 0.5) is 0 Å². The molecule has 0 saturated heterocycles. The molecule has 1 unspecified atom stereocenters. The fraction of sp³-hybridized carbons (Fsp3) is 0.385. The second-order valence-electron chi connectivity index (χ2n) is 3.75. The van der Waals surface area contributed by atoms with E-state index in [9.17, 15) is 9.59 Å². The van der Waals surface area contributed by atoms with Crippen molar-refractivity contribution in [3.05, 3.63) is 35.9 Å². The summed E-state index contributed by atoms with van der Waals surface area (Å²) in [6, 6.07) is 9.05. The zero-order valence-corrected chi connectivity index (χ0v) is 9.76. The Morgan fingerprint density at radius 3 is 2.47 bits per heavy atom. The lowest BCUT2D eigenvalue weighted by atomic mass is 10.00. The minimum absolute atomic E-state index is 0.165. The fourth-order valence-electron chi connectivity index (χ4n) is 1.42. The molecule has 0 fully saturated rings. The Morgan fingerprint density at radius 2 is 1.94 bits per heavy atom. The van der Waals surface area contributed by atoms with Crippen LogP contribution in [0, 0.1) is 5.92 Å². The van der Waals surface area contributed by atoms with E-state index in [1.54, 1.807) is 12.1 Å². The summed E-state index contributed by atoms with van der Waals surface area (Å²) in [5.41, 5.74) is 0.813. The maximum absolute atomic E-state index is 11.5. The number of rotatable bonds is 6. The molecule has 0 radical (unpaired) electrons. The molecule has 0 aliphatic rings. The molecular formula is C13H16O4. The van der Waals surface area contributed by atoms with Crippen LogP contribution in [0.15, 0.2) is 30.3 Å². The zero-order chi connectivity index (χ0) is 12.7. The fourth-order valence-corrected chi connectivity index (χ4v) is 1.42. The Kier molecular flexibility index (Phi) is 5.20. The lowest BCUT2D eigenvalue weighted by molar-refractivity contribution is -0.158. The predicted molar refractivity (Wildman–Crippen MR) is 62.5 cm³/mol. The van der Waals surface area contributed by atoms with Gasteiger partial charge in [-0.15, -0.1) is 0 Å². The first-order valence-electron chi connectivity index (χ1n) is 5.58. The van der Waals surface area contributed by atoms with E-state index in [-0.39, 0.29) is 13.0 Å². The molecule has 4 heteroatoms. The molecule has 0 heterocycles. The molecule has 0 bridgehead atoms. The number of esters is 1. The Labute approximate surface area is 100 Å². The van der Waals surface area contributed by atoms with Gasteiger partial charge in [-0.05, 0) is 18.4 Å². The molecule has 0 aromatic heterocycles. The third-order valence-electron chi connectivity index (χ3n) is 2.31. The van der Waals surface area contributed by atoms with Crippen molar-refractivity contribution >= 4 is 11.9 Å². The van der Waals surface area contributed by atoms with Gasteiger partial charge in [0.1, 0.15) is 0 Å². The average molecular weight is 236 g/mol. The Morgan fingerprint density at radius 1 is 1.29 bits per heavy atom. The van der Waals surface area contributed by atoms with Crippen molar-refractivity contribution in [1.29, 1.82) is 0 Å². The van der Waals surface area contributed by atoms with Gasteiger partial charge in [0, 0.05) is 0 Å².